The van der Waals surface area contributed by atoms with Crippen LogP contribution >= 0.6 is 0 Å². The normalized spacial score (nSPS) is 10.9. The molecule has 3 radical (unpaired) electrons. The second-order valence-electron chi connectivity index (χ2n) is 2.17. The summed E-state index contributed by atoms with van der Waals surface area (Å²) in [5.41, 5.74) is 0. The Hall–Kier alpha value is -0.0431. The van der Waals surface area contributed by atoms with Crippen molar-refractivity contribution in [3.8, 4) is 0 Å². The molecule has 0 aromatic rings. The topological polar surface area (TPSA) is 0 Å². The van der Waals surface area contributed by atoms with Crippen LogP contribution in [0.4, 0.5) is 0 Å². The van der Waals surface area contributed by atoms with Crippen molar-refractivity contribution in [2.45, 2.75) is 38.7 Å². The van der Waals surface area contributed by atoms with Crippen LogP contribution in [0, 0.1) is 0 Å². The predicted octanol–water partition coefficient (Wildman–Crippen LogP) is 2.71. The Labute approximate surface area is 61.8 Å². The third-order valence-electron chi connectivity index (χ3n) is 1.28. The lowest BCUT2D eigenvalue weighted by Crippen LogP contribution is -1.74. The lowest BCUT2D eigenvalue weighted by Gasteiger charge is -1.92. The molecule has 0 heterocycles. The van der Waals surface area contributed by atoms with E-state index < -0.39 is 0 Å². The second-order valence-corrected chi connectivity index (χ2v) is 2.67. The fraction of sp³-hybridized carbons (Fsp3) is 0.750. The fourth-order valence-electron chi connectivity index (χ4n) is 0.731. The summed E-state index contributed by atoms with van der Waals surface area (Å²) in [5.74, 6) is 0. The first-order valence-corrected chi connectivity index (χ1v) is 4.38. The van der Waals surface area contributed by atoms with E-state index in [1.807, 2.05) is 0 Å². The summed E-state index contributed by atoms with van der Waals surface area (Å²) in [6.07, 6.45) is 9.61. The van der Waals surface area contributed by atoms with E-state index in [1.54, 1.807) is 0 Å². The third-order valence-corrected chi connectivity index (χ3v) is 1.64. The zero-order chi connectivity index (χ0) is 6.95. The molecule has 0 spiro atoms. The van der Waals surface area contributed by atoms with Crippen LogP contribution in [-0.4, -0.2) is 10.2 Å². The van der Waals surface area contributed by atoms with Gasteiger partial charge in [-0.2, -0.15) is 0 Å². The van der Waals surface area contributed by atoms with Gasteiger partial charge >= 0.3 is 0 Å². The molecule has 0 fully saturated rings. The van der Waals surface area contributed by atoms with Gasteiger partial charge in [-0.05, 0) is 19.8 Å². The van der Waals surface area contributed by atoms with Gasteiger partial charge in [-0.3, -0.25) is 0 Å². The summed E-state index contributed by atoms with van der Waals surface area (Å²) >= 11 is 0. The molecule has 0 rings (SSSR count). The Morgan fingerprint density at radius 3 is 2.56 bits per heavy atom. The van der Waals surface area contributed by atoms with Gasteiger partial charge in [-0.25, -0.2) is 0 Å². The van der Waals surface area contributed by atoms with Crippen LogP contribution in [0.25, 0.3) is 0 Å². The van der Waals surface area contributed by atoms with Crippen molar-refractivity contribution in [3.05, 3.63) is 12.2 Å². The first-order chi connectivity index (χ1) is 4.41. The van der Waals surface area contributed by atoms with Gasteiger partial charge in [-0.15, -0.1) is 0 Å². The van der Waals surface area contributed by atoms with E-state index in [1.165, 1.54) is 25.7 Å². The van der Waals surface area contributed by atoms with Crippen LogP contribution in [0.2, 0.25) is 6.04 Å². The summed E-state index contributed by atoms with van der Waals surface area (Å²) in [6, 6.07) is 1.15. The summed E-state index contributed by atoms with van der Waals surface area (Å²) in [6.45, 7) is 2.07. The van der Waals surface area contributed by atoms with E-state index in [-0.39, 0.29) is 0 Å². The highest BCUT2D eigenvalue weighted by atomic mass is 28.1. The molecule has 0 N–H and O–H groups in total. The molecule has 0 nitrogen and oxygen atoms in total. The Morgan fingerprint density at radius 2 is 2.00 bits per heavy atom. The van der Waals surface area contributed by atoms with Crippen LogP contribution in [0.1, 0.15) is 32.6 Å². The number of unbranched alkanes of at least 4 members (excludes halogenated alkanes) is 3. The van der Waals surface area contributed by atoms with Gasteiger partial charge < -0.3 is 0 Å². The number of hydrogen-bond acceptors (Lipinski definition) is 0. The standard InChI is InChI=1S/C8H15Si/c1-2-3-4-5-6-7-8-9/h2-3H,4-8H2,1H3/b3-2+. The van der Waals surface area contributed by atoms with Gasteiger partial charge in [0.15, 0.2) is 0 Å². The Kier molecular flexibility index (Phi) is 7.92. The molecule has 0 aliphatic heterocycles. The van der Waals surface area contributed by atoms with E-state index in [4.69, 9.17) is 0 Å². The maximum atomic E-state index is 3.44. The highest BCUT2D eigenvalue weighted by molar-refractivity contribution is 6.08. The minimum absolute atomic E-state index is 1.15. The Morgan fingerprint density at radius 1 is 1.22 bits per heavy atom. The van der Waals surface area contributed by atoms with Gasteiger partial charge in [-0.1, -0.05) is 31.0 Å². The molecule has 0 saturated carbocycles. The van der Waals surface area contributed by atoms with Crippen LogP contribution in [0.5, 0.6) is 0 Å². The van der Waals surface area contributed by atoms with Crippen LogP contribution in [0.15, 0.2) is 12.2 Å². The van der Waals surface area contributed by atoms with Gasteiger partial charge in [0.2, 0.25) is 0 Å². The van der Waals surface area contributed by atoms with Crippen molar-refractivity contribution in [1.29, 1.82) is 0 Å². The zero-order valence-corrected chi connectivity index (χ0v) is 7.19. The molecule has 1 heteroatoms. The molecule has 0 aromatic heterocycles. The van der Waals surface area contributed by atoms with Crippen molar-refractivity contribution in [2.75, 3.05) is 0 Å². The van der Waals surface area contributed by atoms with Gasteiger partial charge in [0.25, 0.3) is 0 Å². The zero-order valence-electron chi connectivity index (χ0n) is 6.19. The Balaban J connectivity index is 2.75. The summed E-state index contributed by atoms with van der Waals surface area (Å²) in [7, 11) is 3.44. The monoisotopic (exact) mass is 139 g/mol. The fourth-order valence-corrected chi connectivity index (χ4v) is 0.981. The molecular weight excluding hydrogens is 124 g/mol. The van der Waals surface area contributed by atoms with Crippen LogP contribution in [0.3, 0.4) is 0 Å². The van der Waals surface area contributed by atoms with E-state index in [9.17, 15) is 0 Å². The predicted molar refractivity (Wildman–Crippen MR) is 43.8 cm³/mol. The molecule has 0 aliphatic carbocycles. The third kappa shape index (κ3) is 7.96. The lowest BCUT2D eigenvalue weighted by molar-refractivity contribution is 0.728. The number of hydrogen-bond donors (Lipinski definition) is 0. The summed E-state index contributed by atoms with van der Waals surface area (Å²) < 4.78 is 0. The van der Waals surface area contributed by atoms with Crippen molar-refractivity contribution in [2.24, 2.45) is 0 Å². The summed E-state index contributed by atoms with van der Waals surface area (Å²) in [5, 5.41) is 0. The molecule has 0 amide bonds. The quantitative estimate of drug-likeness (QED) is 0.312. The van der Waals surface area contributed by atoms with E-state index in [2.05, 4.69) is 29.3 Å². The van der Waals surface area contributed by atoms with Crippen molar-refractivity contribution >= 4 is 10.2 Å². The highest BCUT2D eigenvalue weighted by Gasteiger charge is 1.82. The van der Waals surface area contributed by atoms with Crippen molar-refractivity contribution in [3.63, 3.8) is 0 Å². The van der Waals surface area contributed by atoms with Crippen molar-refractivity contribution in [1.82, 2.24) is 0 Å². The second kappa shape index (κ2) is 7.96. The van der Waals surface area contributed by atoms with E-state index >= 15 is 0 Å². The molecular formula is C8H15Si. The smallest absolute Gasteiger partial charge is 0.0222 e. The van der Waals surface area contributed by atoms with Crippen LogP contribution in [-0.2, 0) is 0 Å². The van der Waals surface area contributed by atoms with Crippen molar-refractivity contribution < 1.29 is 0 Å². The molecule has 0 atom stereocenters. The molecule has 9 heavy (non-hydrogen) atoms. The SMILES string of the molecule is C/C=C/CCCCC[Si]. The molecule has 0 unspecified atom stereocenters. The molecule has 0 bridgehead atoms. The molecule has 0 saturated heterocycles. The van der Waals surface area contributed by atoms with E-state index in [0.29, 0.717) is 0 Å². The summed E-state index contributed by atoms with van der Waals surface area (Å²) in [4.78, 5) is 0. The van der Waals surface area contributed by atoms with E-state index in [0.717, 1.165) is 6.04 Å². The van der Waals surface area contributed by atoms with Gasteiger partial charge in [0.1, 0.15) is 0 Å². The van der Waals surface area contributed by atoms with Gasteiger partial charge in [0.05, 0.1) is 0 Å². The number of rotatable bonds is 5. The maximum Gasteiger partial charge on any atom is 0.0222 e. The first kappa shape index (κ1) is 8.96. The van der Waals surface area contributed by atoms with Gasteiger partial charge in [0, 0.05) is 10.2 Å². The Bertz CT molecular complexity index is 67.0. The van der Waals surface area contributed by atoms with Crippen LogP contribution < -0.4 is 0 Å². The minimum atomic E-state index is 1.15. The minimum Gasteiger partial charge on any atom is -0.0917 e. The average Bonchev–Trinajstić information content (AvgIpc) is 1.89. The largest absolute Gasteiger partial charge is 0.0917 e. The maximum absolute atomic E-state index is 3.44. The first-order valence-electron chi connectivity index (χ1n) is 3.67. The molecule has 0 aliphatic rings. The lowest BCUT2D eigenvalue weighted by atomic mass is 10.2. The molecule has 51 valence electrons. The average molecular weight is 139 g/mol. The highest BCUT2D eigenvalue weighted by Crippen LogP contribution is 2.01. The number of allylic oxidation sites excluding steroid dienone is 2. The molecule has 0 aromatic carbocycles.